The number of aryl methyl sites for hydroxylation is 1. The zero-order chi connectivity index (χ0) is 20.1. The highest BCUT2D eigenvalue weighted by molar-refractivity contribution is 5.91. The van der Waals surface area contributed by atoms with E-state index in [0.29, 0.717) is 30.3 Å². The van der Waals surface area contributed by atoms with Gasteiger partial charge < -0.3 is 5.32 Å². The molecule has 1 aromatic heterocycles. The summed E-state index contributed by atoms with van der Waals surface area (Å²) in [4.78, 5) is 29.0. The number of anilines is 1. The Balaban J connectivity index is 1.32. The van der Waals surface area contributed by atoms with Gasteiger partial charge in [-0.2, -0.15) is 0 Å². The summed E-state index contributed by atoms with van der Waals surface area (Å²) in [6.07, 6.45) is 2.44. The lowest BCUT2D eigenvalue weighted by Gasteiger charge is -2.08. The molecule has 29 heavy (non-hydrogen) atoms. The molecular formula is C24H21N3O2. The smallest absolute Gasteiger partial charge is 0.261 e. The van der Waals surface area contributed by atoms with Gasteiger partial charge in [0, 0.05) is 18.7 Å². The topological polar surface area (TPSA) is 64.0 Å². The van der Waals surface area contributed by atoms with Gasteiger partial charge in [-0.05, 0) is 41.8 Å². The summed E-state index contributed by atoms with van der Waals surface area (Å²) >= 11 is 0. The largest absolute Gasteiger partial charge is 0.326 e. The van der Waals surface area contributed by atoms with Gasteiger partial charge in [0.2, 0.25) is 5.91 Å². The molecule has 5 nitrogen and oxygen atoms in total. The summed E-state index contributed by atoms with van der Waals surface area (Å²) < 4.78 is 1.56. The van der Waals surface area contributed by atoms with Gasteiger partial charge in [-0.15, -0.1) is 0 Å². The summed E-state index contributed by atoms with van der Waals surface area (Å²) in [5.74, 6) is -0.0701. The minimum absolute atomic E-state index is 0.0701. The lowest BCUT2D eigenvalue weighted by molar-refractivity contribution is -0.116. The van der Waals surface area contributed by atoms with Gasteiger partial charge >= 0.3 is 0 Å². The number of carbonyl (C=O) groups is 1. The van der Waals surface area contributed by atoms with E-state index in [0.717, 1.165) is 16.8 Å². The van der Waals surface area contributed by atoms with Crippen LogP contribution in [0.1, 0.15) is 12.8 Å². The summed E-state index contributed by atoms with van der Waals surface area (Å²) in [6.45, 7) is 0.455. The highest BCUT2D eigenvalue weighted by atomic mass is 16.1. The molecule has 0 aliphatic rings. The van der Waals surface area contributed by atoms with E-state index in [4.69, 9.17) is 0 Å². The number of hydrogen-bond acceptors (Lipinski definition) is 3. The fraction of sp³-hybridized carbons (Fsp3) is 0.125. The normalized spacial score (nSPS) is 10.8. The first kappa shape index (κ1) is 18.6. The maximum atomic E-state index is 12.5. The predicted molar refractivity (Wildman–Crippen MR) is 116 cm³/mol. The monoisotopic (exact) mass is 383 g/mol. The van der Waals surface area contributed by atoms with Crippen LogP contribution in [-0.2, 0) is 11.3 Å². The van der Waals surface area contributed by atoms with E-state index in [2.05, 4.69) is 22.4 Å². The van der Waals surface area contributed by atoms with E-state index in [1.807, 2.05) is 60.7 Å². The van der Waals surface area contributed by atoms with Crippen molar-refractivity contribution in [3.05, 3.63) is 95.5 Å². The van der Waals surface area contributed by atoms with Gasteiger partial charge in [0.05, 0.1) is 17.2 Å². The lowest BCUT2D eigenvalue weighted by Crippen LogP contribution is -2.21. The van der Waals surface area contributed by atoms with E-state index >= 15 is 0 Å². The molecule has 0 atom stereocenters. The summed E-state index contributed by atoms with van der Waals surface area (Å²) in [6, 6.07) is 25.1. The van der Waals surface area contributed by atoms with Crippen molar-refractivity contribution in [2.45, 2.75) is 19.4 Å². The second kappa shape index (κ2) is 8.52. The molecule has 4 rings (SSSR count). The van der Waals surface area contributed by atoms with E-state index in [1.165, 1.54) is 0 Å². The van der Waals surface area contributed by atoms with Crippen LogP contribution in [0.15, 0.2) is 90.0 Å². The van der Waals surface area contributed by atoms with Crippen LogP contribution < -0.4 is 10.9 Å². The number of fused-ring (bicyclic) bond motifs is 1. The number of para-hydroxylation sites is 1. The van der Waals surface area contributed by atoms with Crippen molar-refractivity contribution in [1.29, 1.82) is 0 Å². The summed E-state index contributed by atoms with van der Waals surface area (Å²) in [5, 5.41) is 3.50. The van der Waals surface area contributed by atoms with Crippen molar-refractivity contribution >= 4 is 22.5 Å². The highest BCUT2D eigenvalue weighted by Crippen LogP contribution is 2.21. The number of benzene rings is 3. The summed E-state index contributed by atoms with van der Waals surface area (Å²) in [5.41, 5.74) is 3.61. The third-order valence-corrected chi connectivity index (χ3v) is 4.81. The molecule has 0 bridgehead atoms. The molecule has 3 aromatic carbocycles. The van der Waals surface area contributed by atoms with E-state index in [1.54, 1.807) is 17.0 Å². The van der Waals surface area contributed by atoms with Gasteiger partial charge in [0.1, 0.15) is 0 Å². The Labute approximate surface area is 168 Å². The molecule has 1 heterocycles. The average molecular weight is 383 g/mol. The molecule has 4 aromatic rings. The maximum absolute atomic E-state index is 12.5. The fourth-order valence-electron chi connectivity index (χ4n) is 3.28. The third-order valence-electron chi connectivity index (χ3n) is 4.81. The Morgan fingerprint density at radius 3 is 2.34 bits per heavy atom. The number of amides is 1. The van der Waals surface area contributed by atoms with Crippen LogP contribution in [0, 0.1) is 0 Å². The van der Waals surface area contributed by atoms with Crippen molar-refractivity contribution in [3.8, 4) is 11.1 Å². The Morgan fingerprint density at radius 1 is 0.862 bits per heavy atom. The number of rotatable bonds is 6. The number of carbonyl (C=O) groups excluding carboxylic acids is 1. The molecule has 0 aliphatic heterocycles. The molecule has 144 valence electrons. The Hall–Kier alpha value is -3.73. The zero-order valence-electron chi connectivity index (χ0n) is 15.9. The van der Waals surface area contributed by atoms with Crippen molar-refractivity contribution in [1.82, 2.24) is 9.55 Å². The maximum Gasteiger partial charge on any atom is 0.261 e. The van der Waals surface area contributed by atoms with Gasteiger partial charge in [0.15, 0.2) is 0 Å². The molecule has 0 fully saturated rings. The van der Waals surface area contributed by atoms with Gasteiger partial charge in [-0.3, -0.25) is 14.2 Å². The van der Waals surface area contributed by atoms with Crippen LogP contribution in [0.4, 0.5) is 5.69 Å². The molecule has 0 unspecified atom stereocenters. The van der Waals surface area contributed by atoms with Gasteiger partial charge in [-0.1, -0.05) is 54.6 Å². The molecule has 0 spiro atoms. The molecule has 5 heteroatoms. The van der Waals surface area contributed by atoms with E-state index in [9.17, 15) is 9.59 Å². The predicted octanol–water partition coefficient (Wildman–Crippen LogP) is 4.48. The summed E-state index contributed by atoms with van der Waals surface area (Å²) in [7, 11) is 0. The van der Waals surface area contributed by atoms with Crippen LogP contribution in [0.3, 0.4) is 0 Å². The third kappa shape index (κ3) is 4.41. The van der Waals surface area contributed by atoms with Crippen molar-refractivity contribution < 1.29 is 4.79 Å². The van der Waals surface area contributed by atoms with E-state index < -0.39 is 0 Å². The molecule has 0 saturated carbocycles. The van der Waals surface area contributed by atoms with Crippen LogP contribution >= 0.6 is 0 Å². The SMILES string of the molecule is O=C(CCCn1cnc2ccccc2c1=O)Nc1ccc(-c2ccccc2)cc1. The van der Waals surface area contributed by atoms with Crippen molar-refractivity contribution in [3.63, 3.8) is 0 Å². The molecule has 1 amide bonds. The van der Waals surface area contributed by atoms with Crippen LogP contribution in [0.2, 0.25) is 0 Å². The fourth-order valence-corrected chi connectivity index (χ4v) is 3.28. The van der Waals surface area contributed by atoms with Crippen LogP contribution in [0.25, 0.3) is 22.0 Å². The Kier molecular flexibility index (Phi) is 5.47. The van der Waals surface area contributed by atoms with Crippen LogP contribution in [-0.4, -0.2) is 15.5 Å². The molecule has 0 radical (unpaired) electrons. The van der Waals surface area contributed by atoms with E-state index in [-0.39, 0.29) is 11.5 Å². The average Bonchev–Trinajstić information content (AvgIpc) is 2.77. The number of nitrogens with zero attached hydrogens (tertiary/aromatic N) is 2. The molecular weight excluding hydrogens is 362 g/mol. The second-order valence-corrected chi connectivity index (χ2v) is 6.86. The number of aromatic nitrogens is 2. The first-order valence-electron chi connectivity index (χ1n) is 9.60. The first-order chi connectivity index (χ1) is 14.2. The van der Waals surface area contributed by atoms with Gasteiger partial charge in [0.25, 0.3) is 5.56 Å². The quantitative estimate of drug-likeness (QED) is 0.534. The Morgan fingerprint density at radius 2 is 1.55 bits per heavy atom. The molecule has 1 N–H and O–H groups in total. The number of hydrogen-bond donors (Lipinski definition) is 1. The molecule has 0 aliphatic carbocycles. The minimum Gasteiger partial charge on any atom is -0.326 e. The van der Waals surface area contributed by atoms with Crippen molar-refractivity contribution in [2.24, 2.45) is 0 Å². The lowest BCUT2D eigenvalue weighted by atomic mass is 10.1. The standard InChI is InChI=1S/C24H21N3O2/c28-23(26-20-14-12-19(13-15-20)18-7-2-1-3-8-18)11-6-16-27-17-25-22-10-5-4-9-21(22)24(27)29/h1-5,7-10,12-15,17H,6,11,16H2,(H,26,28). The Bertz CT molecular complexity index is 1180. The number of nitrogens with one attached hydrogen (secondary N) is 1. The second-order valence-electron chi connectivity index (χ2n) is 6.86. The van der Waals surface area contributed by atoms with Gasteiger partial charge in [-0.25, -0.2) is 4.98 Å². The minimum atomic E-state index is -0.0764. The highest BCUT2D eigenvalue weighted by Gasteiger charge is 2.06. The van der Waals surface area contributed by atoms with Crippen LogP contribution in [0.5, 0.6) is 0 Å². The van der Waals surface area contributed by atoms with Crippen molar-refractivity contribution in [2.75, 3.05) is 5.32 Å². The zero-order valence-corrected chi connectivity index (χ0v) is 15.9. The molecule has 0 saturated heterocycles. The first-order valence-corrected chi connectivity index (χ1v) is 9.60.